The first-order valence-electron chi connectivity index (χ1n) is 10.6. The third-order valence-corrected chi connectivity index (χ3v) is 5.90. The first-order chi connectivity index (χ1) is 14.0. The second-order valence-corrected chi connectivity index (χ2v) is 8.22. The number of likely N-dealkylation sites (tertiary alicyclic amines) is 2. The van der Waals surface area contributed by atoms with Gasteiger partial charge in [0.15, 0.2) is 0 Å². The van der Waals surface area contributed by atoms with Crippen LogP contribution >= 0.6 is 0 Å². The van der Waals surface area contributed by atoms with Crippen LogP contribution in [0.2, 0.25) is 0 Å². The molecule has 3 rings (SSSR count). The monoisotopic (exact) mass is 406 g/mol. The van der Waals surface area contributed by atoms with E-state index in [1.807, 2.05) is 18.2 Å². The molecule has 7 heteroatoms. The SMILES string of the molecule is COC(=O)C1CCN(C[C@@H](O)COc2cccc(CN3CCC(O)CC3)c2)CC1. The van der Waals surface area contributed by atoms with Crippen LogP contribution in [0.1, 0.15) is 31.2 Å². The van der Waals surface area contributed by atoms with Crippen LogP contribution in [0.4, 0.5) is 0 Å². The summed E-state index contributed by atoms with van der Waals surface area (Å²) >= 11 is 0. The quantitative estimate of drug-likeness (QED) is 0.629. The van der Waals surface area contributed by atoms with Crippen LogP contribution in [0, 0.1) is 5.92 Å². The van der Waals surface area contributed by atoms with Crippen molar-refractivity contribution in [3.05, 3.63) is 29.8 Å². The van der Waals surface area contributed by atoms with Crippen LogP contribution in [-0.4, -0.2) is 84.6 Å². The molecule has 2 aliphatic rings. The van der Waals surface area contributed by atoms with E-state index in [0.717, 1.165) is 64.2 Å². The van der Waals surface area contributed by atoms with E-state index < -0.39 is 6.10 Å². The highest BCUT2D eigenvalue weighted by Gasteiger charge is 2.26. The summed E-state index contributed by atoms with van der Waals surface area (Å²) in [6.45, 7) is 5.05. The number of carbonyl (C=O) groups is 1. The van der Waals surface area contributed by atoms with Crippen LogP contribution in [0.3, 0.4) is 0 Å². The first kappa shape index (κ1) is 22.0. The Balaban J connectivity index is 1.39. The molecule has 2 fully saturated rings. The number of aliphatic hydroxyl groups is 2. The molecule has 0 unspecified atom stereocenters. The van der Waals surface area contributed by atoms with Crippen molar-refractivity contribution in [1.29, 1.82) is 0 Å². The van der Waals surface area contributed by atoms with Crippen LogP contribution in [0.25, 0.3) is 0 Å². The highest BCUT2D eigenvalue weighted by atomic mass is 16.5. The smallest absolute Gasteiger partial charge is 0.308 e. The standard InChI is InChI=1S/C22H34N2O5/c1-28-22(27)18-5-9-24(10-6-18)15-20(26)16-29-21-4-2-3-17(13-21)14-23-11-7-19(25)8-12-23/h2-4,13,18-20,25-26H,5-12,14-16H2,1H3/t20-/m1/s1. The fourth-order valence-electron chi connectivity index (χ4n) is 4.13. The molecule has 0 spiro atoms. The number of ether oxygens (including phenoxy) is 2. The van der Waals surface area contributed by atoms with Crippen LogP contribution in [0.5, 0.6) is 5.75 Å². The molecule has 162 valence electrons. The second kappa shape index (κ2) is 10.9. The van der Waals surface area contributed by atoms with Gasteiger partial charge in [-0.2, -0.15) is 0 Å². The minimum absolute atomic E-state index is 0.0180. The number of rotatable bonds is 8. The molecule has 0 amide bonds. The van der Waals surface area contributed by atoms with E-state index in [2.05, 4.69) is 15.9 Å². The van der Waals surface area contributed by atoms with Crippen LogP contribution in [0.15, 0.2) is 24.3 Å². The number of nitrogens with zero attached hydrogens (tertiary/aromatic N) is 2. The molecule has 0 aromatic heterocycles. The zero-order valence-corrected chi connectivity index (χ0v) is 17.3. The molecule has 2 saturated heterocycles. The number of aliphatic hydroxyl groups excluding tert-OH is 2. The average Bonchev–Trinajstić information content (AvgIpc) is 2.74. The van der Waals surface area contributed by atoms with Crippen molar-refractivity contribution >= 4 is 5.97 Å². The summed E-state index contributed by atoms with van der Waals surface area (Å²) in [7, 11) is 1.43. The van der Waals surface area contributed by atoms with Crippen molar-refractivity contribution < 1.29 is 24.5 Å². The molecule has 1 aromatic rings. The molecule has 2 aliphatic heterocycles. The molecule has 1 aromatic carbocycles. The van der Waals surface area contributed by atoms with Crippen LogP contribution < -0.4 is 4.74 Å². The molecule has 0 aliphatic carbocycles. The predicted molar refractivity (Wildman–Crippen MR) is 110 cm³/mol. The fraction of sp³-hybridized carbons (Fsp3) is 0.682. The molecule has 0 radical (unpaired) electrons. The lowest BCUT2D eigenvalue weighted by atomic mass is 9.97. The van der Waals surface area contributed by atoms with Gasteiger partial charge in [0.05, 0.1) is 19.1 Å². The van der Waals surface area contributed by atoms with Gasteiger partial charge in [-0.25, -0.2) is 0 Å². The Kier molecular flexibility index (Phi) is 8.29. The molecule has 1 atom stereocenters. The zero-order chi connectivity index (χ0) is 20.6. The Labute approximate surface area is 173 Å². The molecule has 0 bridgehead atoms. The number of carbonyl (C=O) groups excluding carboxylic acids is 1. The summed E-state index contributed by atoms with van der Waals surface area (Å²) in [5.74, 6) is 0.618. The maximum atomic E-state index is 11.6. The fourth-order valence-corrected chi connectivity index (χ4v) is 4.13. The van der Waals surface area contributed by atoms with E-state index in [-0.39, 0.29) is 24.6 Å². The van der Waals surface area contributed by atoms with Gasteiger partial charge in [-0.05, 0) is 56.5 Å². The van der Waals surface area contributed by atoms with E-state index in [1.165, 1.54) is 12.7 Å². The first-order valence-corrected chi connectivity index (χ1v) is 10.6. The van der Waals surface area contributed by atoms with Gasteiger partial charge in [0.2, 0.25) is 0 Å². The van der Waals surface area contributed by atoms with E-state index in [4.69, 9.17) is 9.47 Å². The van der Waals surface area contributed by atoms with Crippen molar-refractivity contribution in [2.24, 2.45) is 5.92 Å². The molecule has 2 N–H and O–H groups in total. The summed E-state index contributed by atoms with van der Waals surface area (Å²) in [5.41, 5.74) is 1.18. The van der Waals surface area contributed by atoms with Crippen molar-refractivity contribution in [3.8, 4) is 5.75 Å². The molecule has 7 nitrogen and oxygen atoms in total. The molecule has 29 heavy (non-hydrogen) atoms. The number of piperidine rings is 2. The van der Waals surface area contributed by atoms with Gasteiger partial charge in [-0.15, -0.1) is 0 Å². The Morgan fingerprint density at radius 2 is 1.83 bits per heavy atom. The largest absolute Gasteiger partial charge is 0.491 e. The maximum absolute atomic E-state index is 11.6. The Hall–Kier alpha value is -1.67. The number of hydrogen-bond donors (Lipinski definition) is 2. The van der Waals surface area contributed by atoms with Crippen LogP contribution in [-0.2, 0) is 16.1 Å². The van der Waals surface area contributed by atoms with Gasteiger partial charge >= 0.3 is 5.97 Å². The van der Waals surface area contributed by atoms with Crippen molar-refractivity contribution in [3.63, 3.8) is 0 Å². The number of esters is 1. The molecule has 2 heterocycles. The normalized spacial score (nSPS) is 21.1. The van der Waals surface area contributed by atoms with E-state index in [9.17, 15) is 15.0 Å². The number of β-amino-alcohol motifs (C(OH)–C–C–N with tert-alkyl or cyclic N) is 1. The van der Waals surface area contributed by atoms with Gasteiger partial charge in [0, 0.05) is 26.2 Å². The summed E-state index contributed by atoms with van der Waals surface area (Å²) in [5, 5.41) is 20.0. The van der Waals surface area contributed by atoms with Gasteiger partial charge in [0.25, 0.3) is 0 Å². The Morgan fingerprint density at radius 3 is 2.52 bits per heavy atom. The van der Waals surface area contributed by atoms with E-state index >= 15 is 0 Å². The zero-order valence-electron chi connectivity index (χ0n) is 17.3. The van der Waals surface area contributed by atoms with Gasteiger partial charge < -0.3 is 24.6 Å². The van der Waals surface area contributed by atoms with Crippen molar-refractivity contribution in [2.75, 3.05) is 46.4 Å². The Bertz CT molecular complexity index is 640. The minimum atomic E-state index is -0.572. The topological polar surface area (TPSA) is 82.5 Å². The lowest BCUT2D eigenvalue weighted by molar-refractivity contribution is -0.147. The second-order valence-electron chi connectivity index (χ2n) is 8.22. The molecular weight excluding hydrogens is 372 g/mol. The maximum Gasteiger partial charge on any atom is 0.308 e. The number of methoxy groups -OCH3 is 1. The highest BCUT2D eigenvalue weighted by molar-refractivity contribution is 5.72. The third kappa shape index (κ3) is 6.96. The molecule has 0 saturated carbocycles. The number of benzene rings is 1. The van der Waals surface area contributed by atoms with Crippen molar-refractivity contribution in [2.45, 2.75) is 44.4 Å². The average molecular weight is 407 g/mol. The summed E-state index contributed by atoms with van der Waals surface area (Å²) in [4.78, 5) is 16.1. The highest BCUT2D eigenvalue weighted by Crippen LogP contribution is 2.20. The Morgan fingerprint density at radius 1 is 1.14 bits per heavy atom. The summed E-state index contributed by atoms with van der Waals surface area (Å²) < 4.78 is 10.6. The van der Waals surface area contributed by atoms with Gasteiger partial charge in [0.1, 0.15) is 18.5 Å². The van der Waals surface area contributed by atoms with Gasteiger partial charge in [-0.1, -0.05) is 12.1 Å². The van der Waals surface area contributed by atoms with E-state index in [0.29, 0.717) is 6.54 Å². The van der Waals surface area contributed by atoms with Gasteiger partial charge in [-0.3, -0.25) is 9.69 Å². The lowest BCUT2D eigenvalue weighted by Gasteiger charge is -2.31. The summed E-state index contributed by atoms with van der Waals surface area (Å²) in [6.07, 6.45) is 2.48. The minimum Gasteiger partial charge on any atom is -0.491 e. The third-order valence-electron chi connectivity index (χ3n) is 5.90. The predicted octanol–water partition coefficient (Wildman–Crippen LogP) is 1.27. The van der Waals surface area contributed by atoms with Crippen molar-refractivity contribution in [1.82, 2.24) is 9.80 Å². The summed E-state index contributed by atoms with van der Waals surface area (Å²) in [6, 6.07) is 8.00. The number of hydrogen-bond acceptors (Lipinski definition) is 7. The molecular formula is C22H34N2O5. The lowest BCUT2D eigenvalue weighted by Crippen LogP contribution is -2.42. The van der Waals surface area contributed by atoms with E-state index in [1.54, 1.807) is 0 Å².